The minimum atomic E-state index is -0.476. The first kappa shape index (κ1) is 63.8. The summed E-state index contributed by atoms with van der Waals surface area (Å²) in [6.45, 7) is 35.6. The van der Waals surface area contributed by atoms with Crippen molar-refractivity contribution in [2.24, 2.45) is 60.6 Å². The van der Waals surface area contributed by atoms with E-state index in [0.717, 1.165) is 65.6 Å². The van der Waals surface area contributed by atoms with Gasteiger partial charge in [0.05, 0.1) is 5.25 Å². The van der Waals surface area contributed by atoms with Crippen molar-refractivity contribution in [1.82, 2.24) is 9.80 Å². The van der Waals surface area contributed by atoms with Gasteiger partial charge in [-0.15, -0.1) is 0 Å². The van der Waals surface area contributed by atoms with Crippen LogP contribution >= 0.6 is 11.8 Å². The van der Waals surface area contributed by atoms with Crippen LogP contribution in [0.1, 0.15) is 224 Å². The molecule has 1 aromatic carbocycles. The summed E-state index contributed by atoms with van der Waals surface area (Å²) in [7, 11) is 8.85. The van der Waals surface area contributed by atoms with E-state index in [4.69, 9.17) is 9.47 Å². The fraction of sp³-hybridized carbons (Fsp3) is 0.714. The summed E-state index contributed by atoms with van der Waals surface area (Å²) in [5.41, 5.74) is 10.2. The van der Waals surface area contributed by atoms with Crippen molar-refractivity contribution in [2.75, 3.05) is 41.3 Å². The lowest BCUT2D eigenvalue weighted by molar-refractivity contribution is -0.162. The number of carbonyl (C=O) groups excluding carboxylic acids is 4. The number of hydrogen-bond donors (Lipinski definition) is 1. The lowest BCUT2D eigenvalue weighted by Crippen LogP contribution is -2.62. The summed E-state index contributed by atoms with van der Waals surface area (Å²) in [6.07, 6.45) is 25.7. The minimum absolute atomic E-state index is 0. The maximum Gasteiger partial charge on any atom is 0.308 e. The Morgan fingerprint density at radius 2 is 1.11 bits per heavy atom. The van der Waals surface area contributed by atoms with Gasteiger partial charge in [0.25, 0.3) is 0 Å². The molecule has 0 heterocycles. The Labute approximate surface area is 489 Å². The van der Waals surface area contributed by atoms with Crippen LogP contribution in [0, 0.1) is 67.5 Å². The standard InChI is InChI=1S/C37H53NO5S.C31H45NO2.2CH4/c1-22-31-26(18-27(42-23(2)39)32(22)43-24(3)40)35(7)15-17-37(9)30-20-33(5,21-38(10)11)12-13-34(30,6)14-16-36(37,8)29(35)19-28(31)44-25(4)41;1-20-21-9-10-24-29(4,22(21)17-23(33)26(20)34)14-16-31(6)25-18-27(2,19-32(7)8)11-12-28(25,3)13-15-30(24,31)5;;/h18-19,28,30H,12-17,20-21H2,1-11H3;9-10,17,25,34H,11-16,18-19H2,1-8H3;2*1H4/t28?,30-,33-,34-,35+,36-,37+;25-,27-,28-,29+,30-,31+;;/m11../s1. The van der Waals surface area contributed by atoms with Crippen LogP contribution < -0.4 is 9.47 Å². The van der Waals surface area contributed by atoms with Crippen molar-refractivity contribution < 1.29 is 33.8 Å². The SMILES string of the molecule is C.C.CC(=O)Oc1cc2c(c(C)c1OC(C)=O)C(SC(C)=O)C=C1[C@@]2(C)CC[C@@]2(C)[C@@H]3C[C@](C)(CN(C)C)CC[C@]3(C)CC[C@]12C.CC1=C(O)C(=O)C=C2C1=CC=C1[C@@]2(C)CC[C@@]2(C)[C@@H]3C[C@](C)(CN(C)C)CC[C@]3(C)CC[C@]12C. The number of benzene rings is 1. The largest absolute Gasteiger partial charge is 0.504 e. The highest BCUT2D eigenvalue weighted by Gasteiger charge is 2.69. The first-order valence-electron chi connectivity index (χ1n) is 29.8. The molecule has 0 radical (unpaired) electrons. The van der Waals surface area contributed by atoms with Gasteiger partial charge in [-0.05, 0) is 222 Å². The number of fused-ring (bicyclic) bond motifs is 14. The van der Waals surface area contributed by atoms with Gasteiger partial charge in [0.2, 0.25) is 5.78 Å². The molecule has 10 rings (SSSR count). The third-order valence-corrected chi connectivity index (χ3v) is 25.2. The molecule has 0 spiro atoms. The lowest BCUT2D eigenvalue weighted by Gasteiger charge is -2.70. The highest BCUT2D eigenvalue weighted by molar-refractivity contribution is 8.13. The van der Waals surface area contributed by atoms with E-state index in [0.29, 0.717) is 33.5 Å². The molecule has 444 valence electrons. The van der Waals surface area contributed by atoms with Gasteiger partial charge in [0, 0.05) is 55.8 Å². The van der Waals surface area contributed by atoms with E-state index >= 15 is 0 Å². The highest BCUT2D eigenvalue weighted by atomic mass is 32.2. The number of ketones is 1. The fourth-order valence-electron chi connectivity index (χ4n) is 19.8. The number of ether oxygens (including phenoxy) is 2. The zero-order chi connectivity index (χ0) is 57.5. The summed E-state index contributed by atoms with van der Waals surface area (Å²) in [6, 6.07) is 1.94. The molecule has 9 nitrogen and oxygen atoms in total. The quantitative estimate of drug-likeness (QED) is 0.161. The van der Waals surface area contributed by atoms with Gasteiger partial charge in [-0.25, -0.2) is 0 Å². The number of rotatable bonds is 7. The third kappa shape index (κ3) is 9.84. The van der Waals surface area contributed by atoms with Gasteiger partial charge in [-0.3, -0.25) is 19.2 Å². The number of aliphatic hydroxyl groups is 1. The van der Waals surface area contributed by atoms with Crippen LogP contribution in [-0.4, -0.2) is 79.0 Å². The molecule has 0 amide bonds. The van der Waals surface area contributed by atoms with E-state index < -0.39 is 11.9 Å². The zero-order valence-electron chi connectivity index (χ0n) is 51.6. The summed E-state index contributed by atoms with van der Waals surface area (Å²) >= 11 is 1.33. The predicted octanol–water partition coefficient (Wildman–Crippen LogP) is 16.8. The Morgan fingerprint density at radius 1 is 0.637 bits per heavy atom. The molecule has 0 aromatic heterocycles. The van der Waals surface area contributed by atoms with Crippen LogP contribution in [-0.2, 0) is 24.6 Å². The molecule has 1 unspecified atom stereocenters. The van der Waals surface area contributed by atoms with Crippen LogP contribution in [0.15, 0.2) is 64.0 Å². The van der Waals surface area contributed by atoms with E-state index in [-0.39, 0.29) is 80.7 Å². The van der Waals surface area contributed by atoms with Crippen molar-refractivity contribution in [3.8, 4) is 11.5 Å². The van der Waals surface area contributed by atoms with Crippen molar-refractivity contribution in [1.29, 1.82) is 0 Å². The smallest absolute Gasteiger partial charge is 0.308 e. The van der Waals surface area contributed by atoms with Gasteiger partial charge in [-0.2, -0.15) is 0 Å². The molecule has 0 bridgehead atoms. The molecule has 0 aliphatic heterocycles. The average molecular weight is 1120 g/mol. The molecule has 6 saturated carbocycles. The second-order valence-corrected chi connectivity index (χ2v) is 31.5. The zero-order valence-corrected chi connectivity index (χ0v) is 52.4. The molecule has 80 heavy (non-hydrogen) atoms. The van der Waals surface area contributed by atoms with E-state index in [1.807, 2.05) is 19.9 Å². The molecule has 10 heteroatoms. The molecule has 1 aromatic rings. The Kier molecular flexibility index (Phi) is 16.8. The first-order valence-corrected chi connectivity index (χ1v) is 30.7. The Bertz CT molecular complexity index is 2890. The molecular weight excluding hydrogens is 1010 g/mol. The molecule has 13 atom stereocenters. The van der Waals surface area contributed by atoms with Gasteiger partial charge in [-0.1, -0.05) is 125 Å². The minimum Gasteiger partial charge on any atom is -0.504 e. The number of aliphatic hydroxyl groups excluding tert-OH is 1. The van der Waals surface area contributed by atoms with Gasteiger partial charge >= 0.3 is 11.9 Å². The van der Waals surface area contributed by atoms with Gasteiger partial charge in [0.1, 0.15) is 0 Å². The number of thioether (sulfide) groups is 1. The van der Waals surface area contributed by atoms with Crippen molar-refractivity contribution in [3.63, 3.8) is 0 Å². The highest BCUT2D eigenvalue weighted by Crippen LogP contribution is 2.77. The molecule has 6 fully saturated rings. The van der Waals surface area contributed by atoms with Crippen molar-refractivity contribution >= 4 is 34.6 Å². The molecule has 9 aliphatic carbocycles. The van der Waals surface area contributed by atoms with Crippen molar-refractivity contribution in [3.05, 3.63) is 80.7 Å². The number of carbonyl (C=O) groups is 4. The monoisotopic (exact) mass is 1120 g/mol. The van der Waals surface area contributed by atoms with Crippen LogP contribution in [0.25, 0.3) is 0 Å². The number of esters is 2. The Morgan fingerprint density at radius 3 is 1.59 bits per heavy atom. The lowest BCUT2D eigenvalue weighted by atomic mass is 9.34. The summed E-state index contributed by atoms with van der Waals surface area (Å²) in [5.74, 6) is 0.603. The fourth-order valence-corrected chi connectivity index (χ4v) is 20.8. The number of hydrogen-bond acceptors (Lipinski definition) is 10. The maximum absolute atomic E-state index is 12.7. The van der Waals surface area contributed by atoms with Gasteiger partial charge < -0.3 is 24.4 Å². The second kappa shape index (κ2) is 21.1. The van der Waals surface area contributed by atoms with Crippen LogP contribution in [0.5, 0.6) is 11.5 Å². The molecule has 1 N–H and O–H groups in total. The topological polar surface area (TPSA) is 113 Å². The summed E-state index contributed by atoms with van der Waals surface area (Å²) in [5, 5.41) is 10.2. The third-order valence-electron chi connectivity index (χ3n) is 24.3. The molecule has 0 saturated heterocycles. The summed E-state index contributed by atoms with van der Waals surface area (Å²) < 4.78 is 11.4. The van der Waals surface area contributed by atoms with Crippen LogP contribution in [0.3, 0.4) is 0 Å². The second-order valence-electron chi connectivity index (χ2n) is 30.2. The average Bonchev–Trinajstić information content (AvgIpc) is 3.52. The Balaban J connectivity index is 0.000000232. The van der Waals surface area contributed by atoms with E-state index in [1.54, 1.807) is 13.0 Å². The summed E-state index contributed by atoms with van der Waals surface area (Å²) in [4.78, 5) is 54.6. The maximum atomic E-state index is 12.7. The normalized spacial score (nSPS) is 40.3. The van der Waals surface area contributed by atoms with E-state index in [2.05, 4.69) is 125 Å². The van der Waals surface area contributed by atoms with E-state index in [9.17, 15) is 24.3 Å². The van der Waals surface area contributed by atoms with Gasteiger partial charge in [0.15, 0.2) is 22.4 Å². The number of nitrogens with zero attached hydrogens (tertiary/aromatic N) is 2. The Hall–Kier alpha value is -3.73. The molecule has 9 aliphatic rings. The molecular formula is C70H106N2O7S. The van der Waals surface area contributed by atoms with E-state index in [1.165, 1.54) is 108 Å². The van der Waals surface area contributed by atoms with Crippen molar-refractivity contribution in [2.45, 2.75) is 219 Å². The van der Waals surface area contributed by atoms with Crippen LogP contribution in [0.2, 0.25) is 0 Å². The first-order chi connectivity index (χ1) is 36.0. The number of allylic oxidation sites excluding steroid dienone is 8. The van der Waals surface area contributed by atoms with Crippen LogP contribution in [0.4, 0.5) is 0 Å². The predicted molar refractivity (Wildman–Crippen MR) is 330 cm³/mol.